The number of amides is 2. The molecule has 0 bridgehead atoms. The number of anilines is 1. The van der Waals surface area contributed by atoms with Crippen molar-refractivity contribution >= 4 is 29.3 Å². The highest BCUT2D eigenvalue weighted by atomic mass is 32.2. The second-order valence-corrected chi connectivity index (χ2v) is 8.46. The lowest BCUT2D eigenvalue weighted by Gasteiger charge is -2.19. The molecule has 9 nitrogen and oxygen atoms in total. The van der Waals surface area contributed by atoms with Gasteiger partial charge in [-0.25, -0.2) is 4.98 Å². The number of carbonyl (C=O) groups excluding carboxylic acids is 2. The van der Waals surface area contributed by atoms with E-state index in [9.17, 15) is 14.7 Å². The van der Waals surface area contributed by atoms with Gasteiger partial charge in [-0.2, -0.15) is 0 Å². The van der Waals surface area contributed by atoms with Crippen LogP contribution in [0.15, 0.2) is 29.6 Å². The van der Waals surface area contributed by atoms with Crippen LogP contribution in [-0.4, -0.2) is 51.5 Å². The Morgan fingerprint density at radius 2 is 1.94 bits per heavy atom. The molecule has 0 radical (unpaired) electrons. The van der Waals surface area contributed by atoms with Crippen molar-refractivity contribution < 1.29 is 24.2 Å². The number of fused-ring (bicyclic) bond motifs is 1. The minimum Gasteiger partial charge on any atom is -0.486 e. The number of carbonyl (C=O) groups is 2. The minimum absolute atomic E-state index is 0.0680. The Kier molecular flexibility index (Phi) is 6.98. The van der Waals surface area contributed by atoms with Crippen LogP contribution in [0.1, 0.15) is 31.4 Å². The molecule has 4 rings (SSSR count). The number of hydrogen-bond acceptors (Lipinski definition) is 7. The molecule has 1 aromatic heterocycles. The largest absolute Gasteiger partial charge is 0.486 e. The number of nitrogens with zero attached hydrogens (tertiary/aromatic N) is 2. The van der Waals surface area contributed by atoms with Crippen LogP contribution in [0.2, 0.25) is 0 Å². The third-order valence-corrected chi connectivity index (χ3v) is 6.23. The van der Waals surface area contributed by atoms with Gasteiger partial charge in [0, 0.05) is 17.8 Å². The minimum atomic E-state index is -0.229. The van der Waals surface area contributed by atoms with Crippen molar-refractivity contribution in [2.75, 3.05) is 24.3 Å². The van der Waals surface area contributed by atoms with Crippen LogP contribution in [0.5, 0.6) is 11.5 Å². The zero-order valence-electron chi connectivity index (χ0n) is 17.1. The smallest absolute Gasteiger partial charge is 0.240 e. The number of rotatable bonds is 8. The Hall–Kier alpha value is -2.72. The van der Waals surface area contributed by atoms with Crippen molar-refractivity contribution in [3.05, 3.63) is 30.1 Å². The summed E-state index contributed by atoms with van der Waals surface area (Å²) in [7, 11) is 0. The molecule has 2 amide bonds. The lowest BCUT2D eigenvalue weighted by molar-refractivity contribution is -0.122. The molecule has 0 atom stereocenters. The van der Waals surface area contributed by atoms with Crippen LogP contribution in [0.3, 0.4) is 0 Å². The summed E-state index contributed by atoms with van der Waals surface area (Å²) in [5.74, 6) is 1.06. The average molecular weight is 447 g/mol. The maximum absolute atomic E-state index is 12.4. The van der Waals surface area contributed by atoms with Gasteiger partial charge in [-0.05, 0) is 25.0 Å². The Balaban J connectivity index is 1.34. The number of aliphatic hydroxyl groups is 1. The van der Waals surface area contributed by atoms with E-state index in [-0.39, 0.29) is 36.8 Å². The summed E-state index contributed by atoms with van der Waals surface area (Å²) in [5.41, 5.74) is 1.15. The highest BCUT2D eigenvalue weighted by molar-refractivity contribution is 7.99. The lowest BCUT2D eigenvalue weighted by Crippen LogP contribution is -2.35. The van der Waals surface area contributed by atoms with Gasteiger partial charge >= 0.3 is 0 Å². The van der Waals surface area contributed by atoms with E-state index in [1.54, 1.807) is 22.8 Å². The quantitative estimate of drug-likeness (QED) is 0.531. The monoisotopic (exact) mass is 446 g/mol. The molecule has 2 aliphatic rings. The predicted molar refractivity (Wildman–Crippen MR) is 115 cm³/mol. The molecule has 2 aromatic rings. The first-order valence-corrected chi connectivity index (χ1v) is 11.4. The highest BCUT2D eigenvalue weighted by Gasteiger charge is 2.20. The number of benzene rings is 1. The summed E-state index contributed by atoms with van der Waals surface area (Å²) in [6.07, 6.45) is 5.81. The third kappa shape index (κ3) is 5.50. The molecule has 1 aromatic carbocycles. The van der Waals surface area contributed by atoms with Crippen LogP contribution >= 0.6 is 11.8 Å². The average Bonchev–Trinajstić information content (AvgIpc) is 3.42. The van der Waals surface area contributed by atoms with E-state index in [1.165, 1.54) is 18.0 Å². The summed E-state index contributed by atoms with van der Waals surface area (Å²) in [6, 6.07) is 5.48. The summed E-state index contributed by atoms with van der Waals surface area (Å²) in [4.78, 5) is 29.1. The van der Waals surface area contributed by atoms with Crippen LogP contribution < -0.4 is 20.1 Å². The molecule has 166 valence electrons. The zero-order chi connectivity index (χ0) is 21.6. The molecular weight excluding hydrogens is 420 g/mol. The number of hydrogen-bond donors (Lipinski definition) is 3. The Labute approximate surface area is 184 Å². The number of aliphatic hydroxyl groups excluding tert-OH is 1. The maximum atomic E-state index is 12.4. The van der Waals surface area contributed by atoms with Crippen LogP contribution in [0.25, 0.3) is 0 Å². The fourth-order valence-electron chi connectivity index (χ4n) is 3.74. The van der Waals surface area contributed by atoms with Gasteiger partial charge in [0.2, 0.25) is 11.8 Å². The number of ether oxygens (including phenoxy) is 2. The first-order valence-electron chi connectivity index (χ1n) is 10.4. The molecule has 2 heterocycles. The van der Waals surface area contributed by atoms with Gasteiger partial charge in [-0.15, -0.1) is 0 Å². The van der Waals surface area contributed by atoms with E-state index in [2.05, 4.69) is 15.6 Å². The maximum Gasteiger partial charge on any atom is 0.240 e. The van der Waals surface area contributed by atoms with E-state index < -0.39 is 0 Å². The second kappa shape index (κ2) is 10.1. The molecule has 0 saturated heterocycles. The van der Waals surface area contributed by atoms with E-state index in [0.29, 0.717) is 41.3 Å². The van der Waals surface area contributed by atoms with Crippen molar-refractivity contribution in [1.29, 1.82) is 0 Å². The molecule has 1 aliphatic heterocycles. The Morgan fingerprint density at radius 1 is 1.16 bits per heavy atom. The Morgan fingerprint density at radius 3 is 2.71 bits per heavy atom. The molecule has 1 saturated carbocycles. The van der Waals surface area contributed by atoms with Crippen molar-refractivity contribution in [3.8, 4) is 11.5 Å². The molecule has 31 heavy (non-hydrogen) atoms. The number of imidazole rings is 1. The van der Waals surface area contributed by atoms with E-state index in [0.717, 1.165) is 25.7 Å². The molecule has 0 spiro atoms. The first-order chi connectivity index (χ1) is 15.1. The number of thioether (sulfide) groups is 1. The molecule has 0 unspecified atom stereocenters. The summed E-state index contributed by atoms with van der Waals surface area (Å²) in [6.45, 7) is 0.826. The van der Waals surface area contributed by atoms with Crippen LogP contribution in [-0.2, 0) is 22.7 Å². The van der Waals surface area contributed by atoms with Gasteiger partial charge in [-0.3, -0.25) is 9.59 Å². The molecule has 1 aliphatic carbocycles. The van der Waals surface area contributed by atoms with E-state index in [4.69, 9.17) is 9.47 Å². The van der Waals surface area contributed by atoms with Crippen LogP contribution in [0, 0.1) is 0 Å². The van der Waals surface area contributed by atoms with Crippen molar-refractivity contribution in [1.82, 2.24) is 14.9 Å². The van der Waals surface area contributed by atoms with Gasteiger partial charge in [0.05, 0.1) is 24.3 Å². The van der Waals surface area contributed by atoms with Crippen molar-refractivity contribution in [3.63, 3.8) is 0 Å². The summed E-state index contributed by atoms with van der Waals surface area (Å²) >= 11 is 1.22. The van der Waals surface area contributed by atoms with E-state index >= 15 is 0 Å². The van der Waals surface area contributed by atoms with Crippen molar-refractivity contribution in [2.24, 2.45) is 0 Å². The first kappa shape index (κ1) is 21.5. The van der Waals surface area contributed by atoms with E-state index in [1.807, 2.05) is 0 Å². The fourth-order valence-corrected chi connectivity index (χ4v) is 4.54. The lowest BCUT2D eigenvalue weighted by atomic mass is 10.2. The third-order valence-electron chi connectivity index (χ3n) is 5.24. The topological polar surface area (TPSA) is 115 Å². The standard InChI is InChI=1S/C21H26N4O5S/c26-12-16-10-22-21(25(16)11-19(27)23-14-3-1-2-4-14)31-13-20(28)24-15-5-6-17-18(9-15)30-8-7-29-17/h5-6,9-10,14,26H,1-4,7-8,11-13H2,(H,23,27)(H,24,28). The van der Waals surface area contributed by atoms with Gasteiger partial charge < -0.3 is 29.8 Å². The number of nitrogens with one attached hydrogen (secondary N) is 2. The fraction of sp³-hybridized carbons (Fsp3) is 0.476. The van der Waals surface area contributed by atoms with Gasteiger partial charge in [0.15, 0.2) is 16.7 Å². The SMILES string of the molecule is O=C(CSc1ncc(CO)n1CC(=O)NC1CCCC1)Nc1ccc2c(c1)OCCO2. The normalized spacial score (nSPS) is 15.6. The highest BCUT2D eigenvalue weighted by Crippen LogP contribution is 2.32. The molecule has 10 heteroatoms. The summed E-state index contributed by atoms with van der Waals surface area (Å²) in [5, 5.41) is 16.0. The second-order valence-electron chi connectivity index (χ2n) is 7.52. The number of aromatic nitrogens is 2. The van der Waals surface area contributed by atoms with Crippen LogP contribution in [0.4, 0.5) is 5.69 Å². The van der Waals surface area contributed by atoms with Crippen molar-refractivity contribution in [2.45, 2.75) is 50.0 Å². The zero-order valence-corrected chi connectivity index (χ0v) is 18.0. The molecular formula is C21H26N4O5S. The molecule has 1 fully saturated rings. The van der Waals surface area contributed by atoms with Gasteiger partial charge in [-0.1, -0.05) is 24.6 Å². The Bertz CT molecular complexity index is 942. The van der Waals surface area contributed by atoms with Gasteiger partial charge in [0.25, 0.3) is 0 Å². The summed E-state index contributed by atoms with van der Waals surface area (Å²) < 4.78 is 12.7. The predicted octanol–water partition coefficient (Wildman–Crippen LogP) is 1.94. The molecule has 3 N–H and O–H groups in total. The van der Waals surface area contributed by atoms with Gasteiger partial charge in [0.1, 0.15) is 19.8 Å².